The molecule has 2 atom stereocenters. The van der Waals surface area contributed by atoms with E-state index in [4.69, 9.17) is 0 Å². The van der Waals surface area contributed by atoms with Crippen LogP contribution < -0.4 is 5.32 Å². The van der Waals surface area contributed by atoms with E-state index in [9.17, 15) is 14.9 Å². The van der Waals surface area contributed by atoms with Crippen LogP contribution in [0.2, 0.25) is 0 Å². The molecule has 0 aromatic carbocycles. The number of hydrogen-bond acceptors (Lipinski definition) is 5. The summed E-state index contributed by atoms with van der Waals surface area (Å²) in [5.74, 6) is 0.898. The quantitative estimate of drug-likeness (QED) is 0.612. The van der Waals surface area contributed by atoms with Gasteiger partial charge in [0.2, 0.25) is 12.2 Å². The Morgan fingerprint density at radius 1 is 1.10 bits per heavy atom. The number of nitrogens with zero attached hydrogens (tertiary/aromatic N) is 4. The number of hydrogen-bond donors (Lipinski definition) is 1. The molecule has 4 bridgehead atoms. The highest BCUT2D eigenvalue weighted by Gasteiger charge is 2.62. The van der Waals surface area contributed by atoms with Gasteiger partial charge in [0.1, 0.15) is 0 Å². The maximum absolute atomic E-state index is 13.6. The second-order valence-corrected chi connectivity index (χ2v) is 10.2. The van der Waals surface area contributed by atoms with Crippen molar-refractivity contribution in [2.75, 3.05) is 0 Å². The predicted octanol–water partition coefficient (Wildman–Crippen LogP) is 3.71. The summed E-state index contributed by atoms with van der Waals surface area (Å²) in [5, 5.41) is 18.7. The molecule has 1 aromatic heterocycles. The van der Waals surface area contributed by atoms with E-state index >= 15 is 0 Å². The zero-order valence-corrected chi connectivity index (χ0v) is 17.0. The van der Waals surface area contributed by atoms with E-state index in [0.29, 0.717) is 17.9 Å². The number of nitrogens with one attached hydrogen (secondary N) is 1. The molecule has 1 N–H and O–H groups in total. The van der Waals surface area contributed by atoms with Gasteiger partial charge < -0.3 is 15.4 Å². The second kappa shape index (κ2) is 7.06. The summed E-state index contributed by atoms with van der Waals surface area (Å²) in [6, 6.07) is 0.305. The van der Waals surface area contributed by atoms with E-state index in [1.807, 2.05) is 0 Å². The summed E-state index contributed by atoms with van der Waals surface area (Å²) in [5.41, 5.74) is -0.628. The Labute approximate surface area is 171 Å². The fourth-order valence-corrected chi connectivity index (χ4v) is 7.25. The minimum atomic E-state index is -0.534. The average Bonchev–Trinajstić information content (AvgIpc) is 3.14. The molecule has 0 spiro atoms. The van der Waals surface area contributed by atoms with Gasteiger partial charge in [-0.05, 0) is 68.1 Å². The molecule has 158 valence electrons. The lowest BCUT2D eigenvalue weighted by Crippen LogP contribution is -2.61. The molecule has 6 rings (SSSR count). The first-order valence-electron chi connectivity index (χ1n) is 11.4. The van der Waals surface area contributed by atoms with E-state index in [1.54, 1.807) is 4.68 Å². The van der Waals surface area contributed by atoms with Gasteiger partial charge in [-0.2, -0.15) is 4.68 Å². The van der Waals surface area contributed by atoms with Crippen LogP contribution in [-0.2, 0) is 10.3 Å². The molecule has 5 saturated carbocycles. The van der Waals surface area contributed by atoms with Crippen LogP contribution in [0.1, 0.15) is 83.5 Å². The van der Waals surface area contributed by atoms with Crippen molar-refractivity contribution in [2.45, 2.75) is 95.1 Å². The Hall–Kier alpha value is -1.99. The Bertz CT molecular complexity index is 784. The Morgan fingerprint density at radius 3 is 2.38 bits per heavy atom. The van der Waals surface area contributed by atoms with Gasteiger partial charge in [-0.3, -0.25) is 4.79 Å². The van der Waals surface area contributed by atoms with E-state index < -0.39 is 4.92 Å². The highest BCUT2D eigenvalue weighted by atomic mass is 16.6. The first kappa shape index (κ1) is 19.0. The highest BCUT2D eigenvalue weighted by molar-refractivity contribution is 5.83. The SMILES string of the molecule is O=C(NC1CCCCCCC1)C12C[C@@H]3C[C@@H](C1)CC(n1cnc([N+](=O)[O-])n1)(C3)C2. The molecule has 5 fully saturated rings. The molecular formula is C21H31N5O3. The van der Waals surface area contributed by atoms with Gasteiger partial charge in [0.15, 0.2) is 0 Å². The Balaban J connectivity index is 1.38. The second-order valence-electron chi connectivity index (χ2n) is 10.2. The smallest absolute Gasteiger partial charge is 0.390 e. The third-order valence-corrected chi connectivity index (χ3v) is 8.08. The monoisotopic (exact) mass is 401 g/mol. The summed E-state index contributed by atoms with van der Waals surface area (Å²) in [4.78, 5) is 28.0. The fourth-order valence-electron chi connectivity index (χ4n) is 7.25. The number of aromatic nitrogens is 3. The van der Waals surface area contributed by atoms with Gasteiger partial charge >= 0.3 is 5.95 Å². The van der Waals surface area contributed by atoms with Crippen LogP contribution in [0.15, 0.2) is 6.33 Å². The van der Waals surface area contributed by atoms with Crippen LogP contribution in [0.5, 0.6) is 0 Å². The largest absolute Gasteiger partial charge is 0.490 e. The molecule has 8 nitrogen and oxygen atoms in total. The zero-order chi connectivity index (χ0) is 20.1. The number of carbonyl (C=O) groups is 1. The van der Waals surface area contributed by atoms with Crippen molar-refractivity contribution < 1.29 is 9.72 Å². The van der Waals surface area contributed by atoms with Gasteiger partial charge in [0, 0.05) is 11.1 Å². The standard InChI is InChI=1S/C21H31N5O3/c27-18(23-17-6-4-2-1-3-5-7-17)20-9-15-8-16(10-20)12-21(11-15,13-20)25-14-22-19(24-25)26(28)29/h14-17H,1-13H2,(H,23,27)/t15-,16-,20?,21?/m0/s1. The van der Waals surface area contributed by atoms with Gasteiger partial charge in [0.05, 0.1) is 11.0 Å². The van der Waals surface area contributed by atoms with E-state index in [1.165, 1.54) is 44.9 Å². The third-order valence-electron chi connectivity index (χ3n) is 8.08. The van der Waals surface area contributed by atoms with Crippen molar-refractivity contribution in [1.29, 1.82) is 0 Å². The van der Waals surface area contributed by atoms with Crippen LogP contribution in [0.25, 0.3) is 0 Å². The van der Waals surface area contributed by atoms with Crippen molar-refractivity contribution in [1.82, 2.24) is 20.1 Å². The third kappa shape index (κ3) is 3.34. The lowest BCUT2D eigenvalue weighted by molar-refractivity contribution is -0.394. The zero-order valence-electron chi connectivity index (χ0n) is 17.0. The summed E-state index contributed by atoms with van der Waals surface area (Å²) >= 11 is 0. The molecule has 29 heavy (non-hydrogen) atoms. The van der Waals surface area contributed by atoms with E-state index in [0.717, 1.165) is 44.9 Å². The summed E-state index contributed by atoms with van der Waals surface area (Å²) in [6.45, 7) is 0. The van der Waals surface area contributed by atoms with Crippen molar-refractivity contribution in [2.24, 2.45) is 17.3 Å². The first-order valence-corrected chi connectivity index (χ1v) is 11.4. The molecule has 0 saturated heterocycles. The molecule has 0 unspecified atom stereocenters. The summed E-state index contributed by atoms with van der Waals surface area (Å²) < 4.78 is 1.74. The van der Waals surface area contributed by atoms with Crippen LogP contribution in [0.4, 0.5) is 5.95 Å². The molecule has 1 aromatic rings. The van der Waals surface area contributed by atoms with Crippen molar-refractivity contribution in [3.8, 4) is 0 Å². The first-order chi connectivity index (χ1) is 14.0. The fraction of sp³-hybridized carbons (Fsp3) is 0.857. The molecular weight excluding hydrogens is 370 g/mol. The number of carbonyl (C=O) groups excluding carboxylic acids is 1. The number of nitro groups is 1. The van der Waals surface area contributed by atoms with Crippen LogP contribution >= 0.6 is 0 Å². The number of rotatable bonds is 4. The van der Waals surface area contributed by atoms with Gasteiger partial charge in [-0.25, -0.2) is 0 Å². The van der Waals surface area contributed by atoms with Crippen LogP contribution in [-0.4, -0.2) is 31.6 Å². The van der Waals surface area contributed by atoms with Gasteiger partial charge in [0.25, 0.3) is 0 Å². The predicted molar refractivity (Wildman–Crippen MR) is 106 cm³/mol. The molecule has 1 heterocycles. The van der Waals surface area contributed by atoms with Crippen molar-refractivity contribution in [3.63, 3.8) is 0 Å². The molecule has 1 amide bonds. The van der Waals surface area contributed by atoms with Gasteiger partial charge in [-0.1, -0.05) is 37.1 Å². The number of amides is 1. The molecule has 0 radical (unpaired) electrons. The van der Waals surface area contributed by atoms with Crippen molar-refractivity contribution >= 4 is 11.9 Å². The van der Waals surface area contributed by atoms with E-state index in [-0.39, 0.29) is 22.8 Å². The Kier molecular flexibility index (Phi) is 4.62. The van der Waals surface area contributed by atoms with Crippen LogP contribution in [0, 0.1) is 27.4 Å². The lowest BCUT2D eigenvalue weighted by Gasteiger charge is -2.60. The van der Waals surface area contributed by atoms with Crippen molar-refractivity contribution in [3.05, 3.63) is 16.4 Å². The normalized spacial score (nSPS) is 37.1. The maximum Gasteiger partial charge on any atom is 0.490 e. The topological polar surface area (TPSA) is 103 Å². The average molecular weight is 402 g/mol. The lowest BCUT2D eigenvalue weighted by atomic mass is 9.46. The molecule has 8 heteroatoms. The minimum absolute atomic E-state index is 0.233. The van der Waals surface area contributed by atoms with Gasteiger partial charge in [-0.15, -0.1) is 0 Å². The molecule has 5 aliphatic rings. The summed E-state index contributed by atoms with van der Waals surface area (Å²) in [6.07, 6.45) is 15.7. The maximum atomic E-state index is 13.6. The van der Waals surface area contributed by atoms with E-state index in [2.05, 4.69) is 15.4 Å². The minimum Gasteiger partial charge on any atom is -0.390 e. The molecule has 5 aliphatic carbocycles. The Morgan fingerprint density at radius 2 is 1.76 bits per heavy atom. The van der Waals surface area contributed by atoms with Crippen LogP contribution in [0.3, 0.4) is 0 Å². The summed E-state index contributed by atoms with van der Waals surface area (Å²) in [7, 11) is 0. The molecule has 0 aliphatic heterocycles. The highest BCUT2D eigenvalue weighted by Crippen LogP contribution is 2.64.